The fourth-order valence-electron chi connectivity index (χ4n) is 1.84. The number of carbonyl (C=O) groups is 1. The predicted octanol–water partition coefficient (Wildman–Crippen LogP) is 2.35. The molecule has 0 radical (unpaired) electrons. The van der Waals surface area contributed by atoms with Crippen molar-refractivity contribution in [3.8, 4) is 6.07 Å². The summed E-state index contributed by atoms with van der Waals surface area (Å²) in [6, 6.07) is 15.3. The molecule has 4 heteroatoms. The lowest BCUT2D eigenvalue weighted by Crippen LogP contribution is -2.26. The van der Waals surface area contributed by atoms with Crippen LogP contribution in [0.3, 0.4) is 0 Å². The Labute approximate surface area is 123 Å². The summed E-state index contributed by atoms with van der Waals surface area (Å²) in [5, 5.41) is 11.8. The number of rotatable bonds is 5. The number of pyridine rings is 1. The van der Waals surface area contributed by atoms with Crippen molar-refractivity contribution in [3.63, 3.8) is 0 Å². The summed E-state index contributed by atoms with van der Waals surface area (Å²) < 4.78 is 0. The smallest absolute Gasteiger partial charge is 0.261 e. The molecule has 21 heavy (non-hydrogen) atoms. The first kappa shape index (κ1) is 14.5. The molecule has 0 unspecified atom stereocenters. The van der Waals surface area contributed by atoms with E-state index < -0.39 is 0 Å². The molecule has 0 fully saturated rings. The van der Waals surface area contributed by atoms with Gasteiger partial charge in [-0.1, -0.05) is 36.4 Å². The van der Waals surface area contributed by atoms with E-state index >= 15 is 0 Å². The number of hydrogen-bond donors (Lipinski definition) is 1. The monoisotopic (exact) mass is 277 g/mol. The molecule has 4 nitrogen and oxygen atoms in total. The van der Waals surface area contributed by atoms with Gasteiger partial charge in [-0.3, -0.25) is 9.78 Å². The number of carbonyl (C=O) groups excluding carboxylic acids is 1. The average Bonchev–Trinajstić information content (AvgIpc) is 2.54. The third-order valence-corrected chi connectivity index (χ3v) is 2.90. The molecule has 0 saturated carbocycles. The van der Waals surface area contributed by atoms with Crippen molar-refractivity contribution in [2.75, 3.05) is 6.54 Å². The molecule has 0 bridgehead atoms. The van der Waals surface area contributed by atoms with E-state index in [9.17, 15) is 4.79 Å². The molecule has 1 aromatic heterocycles. The van der Waals surface area contributed by atoms with Crippen LogP contribution in [-0.2, 0) is 11.2 Å². The van der Waals surface area contributed by atoms with Crippen molar-refractivity contribution < 1.29 is 4.79 Å². The molecule has 0 aliphatic rings. The molecular weight excluding hydrogens is 262 g/mol. The number of nitrogens with zero attached hydrogens (tertiary/aromatic N) is 2. The standard InChI is InChI=1S/C17H15N3O/c18-12-16(11-15-7-4-9-19-13-15)17(21)20-10-8-14-5-2-1-3-6-14/h1-7,9,11,13H,8,10H2,(H,20,21)/b16-11+. The van der Waals surface area contributed by atoms with Crippen LogP contribution in [0.1, 0.15) is 11.1 Å². The van der Waals surface area contributed by atoms with Crippen molar-refractivity contribution in [1.82, 2.24) is 10.3 Å². The first-order valence-corrected chi connectivity index (χ1v) is 6.63. The lowest BCUT2D eigenvalue weighted by molar-refractivity contribution is -0.117. The summed E-state index contributed by atoms with van der Waals surface area (Å²) in [6.07, 6.45) is 5.51. The van der Waals surface area contributed by atoms with E-state index in [0.29, 0.717) is 6.54 Å². The van der Waals surface area contributed by atoms with E-state index in [1.807, 2.05) is 36.4 Å². The van der Waals surface area contributed by atoms with Crippen LogP contribution in [0.2, 0.25) is 0 Å². The fraction of sp³-hybridized carbons (Fsp3) is 0.118. The Kier molecular flexibility index (Phi) is 5.25. The van der Waals surface area contributed by atoms with E-state index in [1.165, 1.54) is 6.08 Å². The molecule has 104 valence electrons. The zero-order valence-corrected chi connectivity index (χ0v) is 11.5. The van der Waals surface area contributed by atoms with E-state index in [0.717, 1.165) is 17.5 Å². The highest BCUT2D eigenvalue weighted by Crippen LogP contribution is 2.05. The Morgan fingerprint density at radius 2 is 2.05 bits per heavy atom. The largest absolute Gasteiger partial charge is 0.351 e. The predicted molar refractivity (Wildman–Crippen MR) is 81.0 cm³/mol. The van der Waals surface area contributed by atoms with Gasteiger partial charge in [-0.15, -0.1) is 0 Å². The van der Waals surface area contributed by atoms with E-state index in [1.54, 1.807) is 24.5 Å². The van der Waals surface area contributed by atoms with E-state index in [-0.39, 0.29) is 11.5 Å². The normalized spacial score (nSPS) is 10.7. The van der Waals surface area contributed by atoms with Crippen molar-refractivity contribution in [2.24, 2.45) is 0 Å². The topological polar surface area (TPSA) is 65.8 Å². The second kappa shape index (κ2) is 7.61. The summed E-state index contributed by atoms with van der Waals surface area (Å²) in [6.45, 7) is 0.495. The molecule has 0 aliphatic heterocycles. The van der Waals surface area contributed by atoms with Crippen molar-refractivity contribution in [1.29, 1.82) is 5.26 Å². The highest BCUT2D eigenvalue weighted by atomic mass is 16.1. The molecule has 0 aliphatic carbocycles. The number of amides is 1. The lowest BCUT2D eigenvalue weighted by Gasteiger charge is -2.04. The molecule has 2 rings (SSSR count). The molecule has 0 spiro atoms. The van der Waals surface area contributed by atoms with Crippen LogP contribution in [0.4, 0.5) is 0 Å². The first-order valence-electron chi connectivity index (χ1n) is 6.63. The van der Waals surface area contributed by atoms with Gasteiger partial charge in [-0.25, -0.2) is 0 Å². The SMILES string of the molecule is N#C/C(=C\c1cccnc1)C(=O)NCCc1ccccc1. The number of nitriles is 1. The molecule has 1 N–H and O–H groups in total. The van der Waals surface area contributed by atoms with Crippen LogP contribution in [0.15, 0.2) is 60.4 Å². The number of hydrogen-bond acceptors (Lipinski definition) is 3. The Balaban J connectivity index is 1.92. The van der Waals surface area contributed by atoms with E-state index in [2.05, 4.69) is 10.3 Å². The quantitative estimate of drug-likeness (QED) is 0.674. The minimum atomic E-state index is -0.364. The third-order valence-electron chi connectivity index (χ3n) is 2.90. The van der Waals surface area contributed by atoms with Crippen LogP contribution in [0, 0.1) is 11.3 Å². The van der Waals surface area contributed by atoms with Crippen molar-refractivity contribution >= 4 is 12.0 Å². The van der Waals surface area contributed by atoms with Crippen LogP contribution < -0.4 is 5.32 Å². The minimum absolute atomic E-state index is 0.0797. The summed E-state index contributed by atoms with van der Waals surface area (Å²) in [5.74, 6) is -0.364. The van der Waals surface area contributed by atoms with Gasteiger partial charge in [0.25, 0.3) is 5.91 Å². The third kappa shape index (κ3) is 4.59. The number of benzene rings is 1. The van der Waals surface area contributed by atoms with Crippen molar-refractivity contribution in [3.05, 3.63) is 71.6 Å². The zero-order valence-electron chi connectivity index (χ0n) is 11.5. The average molecular weight is 277 g/mol. The second-order valence-electron chi connectivity index (χ2n) is 4.45. The molecule has 0 saturated heterocycles. The van der Waals surface area contributed by atoms with Gasteiger partial charge >= 0.3 is 0 Å². The number of aromatic nitrogens is 1. The van der Waals surface area contributed by atoms with Crippen LogP contribution in [-0.4, -0.2) is 17.4 Å². The van der Waals surface area contributed by atoms with Crippen LogP contribution in [0.25, 0.3) is 6.08 Å². The Bertz CT molecular complexity index is 657. The van der Waals surface area contributed by atoms with Gasteiger partial charge in [0.2, 0.25) is 0 Å². The Morgan fingerprint density at radius 3 is 2.71 bits per heavy atom. The highest BCUT2D eigenvalue weighted by Gasteiger charge is 2.08. The van der Waals surface area contributed by atoms with Crippen molar-refractivity contribution in [2.45, 2.75) is 6.42 Å². The minimum Gasteiger partial charge on any atom is -0.351 e. The van der Waals surface area contributed by atoms with Crippen LogP contribution in [0.5, 0.6) is 0 Å². The van der Waals surface area contributed by atoms with Gasteiger partial charge in [0, 0.05) is 18.9 Å². The fourth-order valence-corrected chi connectivity index (χ4v) is 1.84. The van der Waals surface area contributed by atoms with Gasteiger partial charge in [0.05, 0.1) is 0 Å². The Hall–Kier alpha value is -2.93. The Morgan fingerprint density at radius 1 is 1.24 bits per heavy atom. The number of nitrogens with one attached hydrogen (secondary N) is 1. The second-order valence-corrected chi connectivity index (χ2v) is 4.45. The molecule has 2 aromatic rings. The summed E-state index contributed by atoms with van der Waals surface area (Å²) in [4.78, 5) is 15.9. The zero-order chi connectivity index (χ0) is 14.9. The van der Waals surface area contributed by atoms with Gasteiger partial charge in [0.15, 0.2) is 0 Å². The molecular formula is C17H15N3O. The molecule has 1 heterocycles. The lowest BCUT2D eigenvalue weighted by atomic mass is 10.1. The maximum atomic E-state index is 11.9. The maximum absolute atomic E-state index is 11.9. The molecule has 0 atom stereocenters. The molecule has 1 aromatic carbocycles. The van der Waals surface area contributed by atoms with E-state index in [4.69, 9.17) is 5.26 Å². The summed E-state index contributed by atoms with van der Waals surface area (Å²) >= 11 is 0. The van der Waals surface area contributed by atoms with Gasteiger partial charge in [-0.2, -0.15) is 5.26 Å². The molecule has 1 amide bonds. The van der Waals surface area contributed by atoms with Gasteiger partial charge in [0.1, 0.15) is 11.6 Å². The van der Waals surface area contributed by atoms with Gasteiger partial charge < -0.3 is 5.32 Å². The van der Waals surface area contributed by atoms with Gasteiger partial charge in [-0.05, 0) is 29.7 Å². The summed E-state index contributed by atoms with van der Waals surface area (Å²) in [7, 11) is 0. The highest BCUT2D eigenvalue weighted by molar-refractivity contribution is 6.01. The van der Waals surface area contributed by atoms with Crippen LogP contribution >= 0.6 is 0 Å². The maximum Gasteiger partial charge on any atom is 0.261 e. The summed E-state index contributed by atoms with van der Waals surface area (Å²) in [5.41, 5.74) is 1.95. The first-order chi connectivity index (χ1) is 10.3.